The number of carbonyl (C=O) groups excluding carboxylic acids is 1. The predicted octanol–water partition coefficient (Wildman–Crippen LogP) is 1.96. The lowest BCUT2D eigenvalue weighted by Crippen LogP contribution is -2.38. The molecule has 104 valence electrons. The molecule has 1 aromatic carbocycles. The number of amides is 1. The van der Waals surface area contributed by atoms with Crippen molar-refractivity contribution in [1.29, 1.82) is 0 Å². The van der Waals surface area contributed by atoms with Crippen LogP contribution >= 0.6 is 0 Å². The minimum atomic E-state index is -0.884. The van der Waals surface area contributed by atoms with Crippen LogP contribution in [-0.2, 0) is 4.79 Å². The molecule has 3 atom stereocenters. The highest BCUT2D eigenvalue weighted by atomic mass is 19.2. The molecule has 1 aliphatic rings. The van der Waals surface area contributed by atoms with Crippen molar-refractivity contribution in [3.05, 3.63) is 35.4 Å². The molecule has 3 unspecified atom stereocenters. The van der Waals surface area contributed by atoms with Gasteiger partial charge in [0.1, 0.15) is 0 Å². The summed E-state index contributed by atoms with van der Waals surface area (Å²) >= 11 is 0. The fraction of sp³-hybridized carbons (Fsp3) is 0.500. The van der Waals surface area contributed by atoms with Crippen LogP contribution < -0.4 is 5.32 Å². The van der Waals surface area contributed by atoms with Crippen LogP contribution in [0.15, 0.2) is 18.2 Å². The molecular weight excluding hydrogens is 252 g/mol. The van der Waals surface area contributed by atoms with Crippen LogP contribution in [0.2, 0.25) is 0 Å². The Labute approximate surface area is 110 Å². The highest BCUT2D eigenvalue weighted by Gasteiger charge is 2.44. The van der Waals surface area contributed by atoms with Crippen molar-refractivity contribution in [3.63, 3.8) is 0 Å². The Morgan fingerprint density at radius 3 is 2.79 bits per heavy atom. The average Bonchev–Trinajstić information content (AvgIpc) is 3.19. The van der Waals surface area contributed by atoms with Crippen molar-refractivity contribution in [3.8, 4) is 0 Å². The first-order valence-electron chi connectivity index (χ1n) is 6.43. The van der Waals surface area contributed by atoms with Gasteiger partial charge in [-0.3, -0.25) is 4.79 Å². The number of hydrogen-bond acceptors (Lipinski definition) is 2. The molecule has 0 aromatic heterocycles. The lowest BCUT2D eigenvalue weighted by atomic mass is 10.1. The smallest absolute Gasteiger partial charge is 0.224 e. The predicted molar refractivity (Wildman–Crippen MR) is 66.5 cm³/mol. The van der Waals surface area contributed by atoms with Gasteiger partial charge in [-0.05, 0) is 36.5 Å². The minimum Gasteiger partial charge on any atom is -0.394 e. The van der Waals surface area contributed by atoms with E-state index in [1.807, 2.05) is 6.92 Å². The first-order chi connectivity index (χ1) is 9.06. The van der Waals surface area contributed by atoms with Crippen molar-refractivity contribution >= 4 is 5.91 Å². The molecule has 5 heteroatoms. The molecule has 2 N–H and O–H groups in total. The van der Waals surface area contributed by atoms with E-state index in [4.69, 9.17) is 5.11 Å². The van der Waals surface area contributed by atoms with E-state index >= 15 is 0 Å². The molecule has 1 aromatic rings. The molecule has 0 heterocycles. The maximum Gasteiger partial charge on any atom is 0.224 e. The molecule has 3 nitrogen and oxygen atoms in total. The van der Waals surface area contributed by atoms with Gasteiger partial charge in [-0.1, -0.05) is 13.0 Å². The Kier molecular flexibility index (Phi) is 4.14. The molecule has 0 bridgehead atoms. The van der Waals surface area contributed by atoms with Crippen molar-refractivity contribution < 1.29 is 18.7 Å². The van der Waals surface area contributed by atoms with Crippen molar-refractivity contribution in [2.75, 3.05) is 6.61 Å². The van der Waals surface area contributed by atoms with Gasteiger partial charge in [0.25, 0.3) is 0 Å². The first-order valence-corrected chi connectivity index (χ1v) is 6.43. The lowest BCUT2D eigenvalue weighted by molar-refractivity contribution is -0.123. The Morgan fingerprint density at radius 1 is 1.47 bits per heavy atom. The number of halogens is 2. The third-order valence-electron chi connectivity index (χ3n) is 3.56. The van der Waals surface area contributed by atoms with Crippen LogP contribution in [0.4, 0.5) is 8.78 Å². The quantitative estimate of drug-likeness (QED) is 0.858. The Bertz CT molecular complexity index is 475. The number of hydrogen-bond donors (Lipinski definition) is 2. The van der Waals surface area contributed by atoms with E-state index in [2.05, 4.69) is 5.32 Å². The molecule has 0 spiro atoms. The fourth-order valence-electron chi connectivity index (χ4n) is 2.18. The van der Waals surface area contributed by atoms with Gasteiger partial charge in [0.2, 0.25) is 5.91 Å². The zero-order valence-electron chi connectivity index (χ0n) is 10.7. The number of benzene rings is 1. The Hall–Kier alpha value is -1.49. The second-order valence-electron chi connectivity index (χ2n) is 4.92. The monoisotopic (exact) mass is 269 g/mol. The second-order valence-corrected chi connectivity index (χ2v) is 4.92. The Balaban J connectivity index is 1.96. The van der Waals surface area contributed by atoms with Gasteiger partial charge in [0.05, 0.1) is 12.6 Å². The van der Waals surface area contributed by atoms with E-state index in [1.165, 1.54) is 6.07 Å². The van der Waals surface area contributed by atoms with Crippen LogP contribution in [-0.4, -0.2) is 23.7 Å². The Morgan fingerprint density at radius 2 is 2.21 bits per heavy atom. The third-order valence-corrected chi connectivity index (χ3v) is 3.56. The van der Waals surface area contributed by atoms with Crippen LogP contribution in [0.25, 0.3) is 0 Å². The molecule has 1 aliphatic carbocycles. The van der Waals surface area contributed by atoms with E-state index in [0.717, 1.165) is 12.1 Å². The largest absolute Gasteiger partial charge is 0.394 e. The first kappa shape index (κ1) is 13.9. The summed E-state index contributed by atoms with van der Waals surface area (Å²) in [5.41, 5.74) is 0.649. The summed E-state index contributed by atoms with van der Waals surface area (Å²) in [6.45, 7) is 1.78. The van der Waals surface area contributed by atoms with Crippen molar-refractivity contribution in [2.24, 2.45) is 5.92 Å². The van der Waals surface area contributed by atoms with Gasteiger partial charge in [0.15, 0.2) is 11.6 Å². The lowest BCUT2D eigenvalue weighted by Gasteiger charge is -2.13. The van der Waals surface area contributed by atoms with Crippen molar-refractivity contribution in [1.82, 2.24) is 5.32 Å². The van der Waals surface area contributed by atoms with Gasteiger partial charge in [-0.25, -0.2) is 8.78 Å². The van der Waals surface area contributed by atoms with Crippen LogP contribution in [0.3, 0.4) is 0 Å². The highest BCUT2D eigenvalue weighted by molar-refractivity contribution is 5.83. The van der Waals surface area contributed by atoms with Gasteiger partial charge in [-0.15, -0.1) is 0 Å². The molecule has 19 heavy (non-hydrogen) atoms. The zero-order valence-corrected chi connectivity index (χ0v) is 10.7. The molecule has 2 rings (SSSR count). The fourth-order valence-corrected chi connectivity index (χ4v) is 2.18. The summed E-state index contributed by atoms with van der Waals surface area (Å²) in [5.74, 6) is -2.14. The zero-order chi connectivity index (χ0) is 14.0. The molecule has 0 saturated heterocycles. The minimum absolute atomic E-state index is 0.0497. The summed E-state index contributed by atoms with van der Waals surface area (Å²) in [4.78, 5) is 11.9. The number of rotatable bonds is 5. The summed E-state index contributed by atoms with van der Waals surface area (Å²) in [6.07, 6.45) is 1.30. The van der Waals surface area contributed by atoms with Gasteiger partial charge < -0.3 is 10.4 Å². The summed E-state index contributed by atoms with van der Waals surface area (Å²) in [7, 11) is 0. The normalized spacial score (nSPS) is 22.9. The summed E-state index contributed by atoms with van der Waals surface area (Å²) in [6, 6.07) is 3.51. The van der Waals surface area contributed by atoms with E-state index < -0.39 is 11.6 Å². The molecular formula is C14H17F2NO2. The van der Waals surface area contributed by atoms with Gasteiger partial charge in [-0.2, -0.15) is 0 Å². The number of carbonyl (C=O) groups is 1. The van der Waals surface area contributed by atoms with Gasteiger partial charge in [0, 0.05) is 5.92 Å². The second kappa shape index (κ2) is 5.65. The van der Waals surface area contributed by atoms with Crippen LogP contribution in [0, 0.1) is 17.6 Å². The van der Waals surface area contributed by atoms with Gasteiger partial charge >= 0.3 is 0 Å². The van der Waals surface area contributed by atoms with E-state index in [1.54, 1.807) is 0 Å². The third kappa shape index (κ3) is 3.10. The molecule has 0 radical (unpaired) electrons. The van der Waals surface area contributed by atoms with E-state index in [-0.39, 0.29) is 30.4 Å². The van der Waals surface area contributed by atoms with Crippen LogP contribution in [0.1, 0.15) is 31.2 Å². The average molecular weight is 269 g/mol. The summed E-state index contributed by atoms with van der Waals surface area (Å²) < 4.78 is 25.9. The molecule has 1 amide bonds. The van der Waals surface area contributed by atoms with Crippen molar-refractivity contribution in [2.45, 2.75) is 31.7 Å². The maximum absolute atomic E-state index is 13.1. The number of aliphatic hydroxyl groups excluding tert-OH is 1. The molecule has 1 fully saturated rings. The maximum atomic E-state index is 13.1. The molecule has 1 saturated carbocycles. The number of nitrogens with one attached hydrogen (secondary N) is 1. The standard InChI is InChI=1S/C14H17F2NO2/c1-2-9(7-18)17-14(19)11-6-10(11)8-3-4-12(15)13(16)5-8/h3-5,9-11,18H,2,6-7H2,1H3,(H,17,19). The molecule has 0 aliphatic heterocycles. The van der Waals surface area contributed by atoms with E-state index in [0.29, 0.717) is 18.4 Å². The SMILES string of the molecule is CCC(CO)NC(=O)C1CC1c1ccc(F)c(F)c1. The van der Waals surface area contributed by atoms with E-state index in [9.17, 15) is 13.6 Å². The van der Waals surface area contributed by atoms with Crippen LogP contribution in [0.5, 0.6) is 0 Å². The topological polar surface area (TPSA) is 49.3 Å². The summed E-state index contributed by atoms with van der Waals surface area (Å²) in [5, 5.41) is 11.8. The number of aliphatic hydroxyl groups is 1. The highest BCUT2D eigenvalue weighted by Crippen LogP contribution is 2.47.